The predicted molar refractivity (Wildman–Crippen MR) is 28.6 cm³/mol. The quantitative estimate of drug-likeness (QED) is 0.517. The summed E-state index contributed by atoms with van der Waals surface area (Å²) >= 11 is 0. The molecule has 44 valence electrons. The van der Waals surface area contributed by atoms with Gasteiger partial charge in [0.25, 0.3) is 5.88 Å². The summed E-state index contributed by atoms with van der Waals surface area (Å²) in [6.07, 6.45) is 1.48. The van der Waals surface area contributed by atoms with Crippen LogP contribution in [-0.2, 0) is 0 Å². The van der Waals surface area contributed by atoms with Crippen LogP contribution in [0.3, 0.4) is 0 Å². The Kier molecular flexibility index (Phi) is 1.32. The molecule has 1 unspecified atom stereocenters. The zero-order chi connectivity index (χ0) is 5.98. The molecule has 0 aliphatic heterocycles. The van der Waals surface area contributed by atoms with Gasteiger partial charge in [-0.05, 0) is 6.07 Å². The molecule has 0 spiro atoms. The average molecular weight is 113 g/mol. The van der Waals surface area contributed by atoms with E-state index in [0.717, 1.165) is 0 Å². The summed E-state index contributed by atoms with van der Waals surface area (Å²) < 4.78 is 4.75. The van der Waals surface area contributed by atoms with Crippen LogP contribution >= 0.6 is 0 Å². The van der Waals surface area contributed by atoms with E-state index in [-0.39, 0.29) is 5.06 Å². The zero-order valence-corrected chi connectivity index (χ0v) is 4.55. The Morgan fingerprint density at radius 1 is 1.75 bits per heavy atom. The Hall–Kier alpha value is -0.800. The summed E-state index contributed by atoms with van der Waals surface area (Å²) in [5.74, 6) is 0.421. The fourth-order valence-electron chi connectivity index (χ4n) is 0.479. The van der Waals surface area contributed by atoms with Crippen LogP contribution in [0, 0.1) is 5.21 Å². The third-order valence-corrected chi connectivity index (χ3v) is 0.868. The van der Waals surface area contributed by atoms with Crippen molar-refractivity contribution in [1.82, 2.24) is 0 Å². The monoisotopic (exact) mass is 113 g/mol. The Labute approximate surface area is 47.1 Å². The van der Waals surface area contributed by atoms with E-state index in [0.29, 0.717) is 5.88 Å². The van der Waals surface area contributed by atoms with Crippen molar-refractivity contribution in [1.29, 1.82) is 0 Å². The van der Waals surface area contributed by atoms with Crippen molar-refractivity contribution in [3.8, 4) is 0 Å². The van der Waals surface area contributed by atoms with Crippen molar-refractivity contribution >= 4 is 5.88 Å². The third-order valence-electron chi connectivity index (χ3n) is 0.868. The molecular formula is C5H7NO2. The van der Waals surface area contributed by atoms with Gasteiger partial charge in [-0.25, -0.2) is 0 Å². The van der Waals surface area contributed by atoms with Crippen LogP contribution < -0.4 is 5.06 Å². The van der Waals surface area contributed by atoms with Gasteiger partial charge in [-0.15, -0.1) is 0 Å². The minimum Gasteiger partial charge on any atom is -0.627 e. The first kappa shape index (κ1) is 5.34. The molecule has 0 saturated carbocycles. The molecule has 1 aromatic heterocycles. The van der Waals surface area contributed by atoms with E-state index in [2.05, 4.69) is 0 Å². The fourth-order valence-corrected chi connectivity index (χ4v) is 0.479. The summed E-state index contributed by atoms with van der Waals surface area (Å²) in [6.45, 7) is 0. The molecule has 0 radical (unpaired) electrons. The molecule has 3 heteroatoms. The molecule has 1 rings (SSSR count). The zero-order valence-electron chi connectivity index (χ0n) is 4.55. The van der Waals surface area contributed by atoms with Gasteiger partial charge >= 0.3 is 0 Å². The van der Waals surface area contributed by atoms with Crippen LogP contribution in [0.5, 0.6) is 0 Å². The molecule has 0 aromatic carbocycles. The SMILES string of the molecule is C[NH+]([O-])c1ccco1. The Morgan fingerprint density at radius 3 is 2.75 bits per heavy atom. The summed E-state index contributed by atoms with van der Waals surface area (Å²) in [5, 5.41) is 10.4. The second-order valence-corrected chi connectivity index (χ2v) is 1.53. The molecule has 0 aliphatic rings. The van der Waals surface area contributed by atoms with Gasteiger partial charge in [0.15, 0.2) is 0 Å². The number of hydroxylamine groups is 1. The standard InChI is InChI=1S/C5H7NO2/c1-6(7)5-3-2-4-8-5/h2-4,6H,1H3. The van der Waals surface area contributed by atoms with Crippen LogP contribution in [0.15, 0.2) is 22.8 Å². The number of nitrogens with one attached hydrogen (secondary N) is 1. The number of quaternary nitrogens is 1. The topological polar surface area (TPSA) is 40.6 Å². The van der Waals surface area contributed by atoms with Crippen LogP contribution in [0.25, 0.3) is 0 Å². The van der Waals surface area contributed by atoms with E-state index in [4.69, 9.17) is 4.42 Å². The molecule has 1 atom stereocenters. The average Bonchev–Trinajstić information content (AvgIpc) is 2.12. The Bertz CT molecular complexity index is 145. The largest absolute Gasteiger partial charge is 0.627 e. The van der Waals surface area contributed by atoms with Gasteiger partial charge in [0.05, 0.1) is 13.3 Å². The third kappa shape index (κ3) is 0.882. The second-order valence-electron chi connectivity index (χ2n) is 1.53. The summed E-state index contributed by atoms with van der Waals surface area (Å²) in [7, 11) is 1.47. The molecule has 1 N–H and O–H groups in total. The van der Waals surface area contributed by atoms with Crippen molar-refractivity contribution in [3.63, 3.8) is 0 Å². The van der Waals surface area contributed by atoms with Gasteiger partial charge in [0.1, 0.15) is 0 Å². The highest BCUT2D eigenvalue weighted by Gasteiger charge is 1.95. The maximum Gasteiger partial charge on any atom is 0.294 e. The smallest absolute Gasteiger partial charge is 0.294 e. The Balaban J connectivity index is 2.77. The van der Waals surface area contributed by atoms with E-state index in [9.17, 15) is 5.21 Å². The first-order valence-corrected chi connectivity index (χ1v) is 2.35. The van der Waals surface area contributed by atoms with Crippen molar-refractivity contribution in [3.05, 3.63) is 23.6 Å². The minimum absolute atomic E-state index is 0.0324. The first-order valence-electron chi connectivity index (χ1n) is 2.35. The molecule has 0 aliphatic carbocycles. The summed E-state index contributed by atoms with van der Waals surface area (Å²) in [5.41, 5.74) is 0. The maximum atomic E-state index is 10.4. The molecule has 1 heterocycles. The molecule has 3 nitrogen and oxygen atoms in total. The normalized spacial score (nSPS) is 13.8. The van der Waals surface area contributed by atoms with Gasteiger partial charge in [0.2, 0.25) is 0 Å². The lowest BCUT2D eigenvalue weighted by molar-refractivity contribution is -0.761. The molecule has 0 bridgehead atoms. The molecule has 0 amide bonds. The van der Waals surface area contributed by atoms with Crippen molar-refractivity contribution < 1.29 is 9.48 Å². The van der Waals surface area contributed by atoms with Crippen LogP contribution in [-0.4, -0.2) is 7.05 Å². The van der Waals surface area contributed by atoms with Crippen LogP contribution in [0.1, 0.15) is 0 Å². The highest BCUT2D eigenvalue weighted by Crippen LogP contribution is 1.97. The fraction of sp³-hybridized carbons (Fsp3) is 0.200. The van der Waals surface area contributed by atoms with E-state index < -0.39 is 0 Å². The number of furan rings is 1. The van der Waals surface area contributed by atoms with Crippen molar-refractivity contribution in [2.24, 2.45) is 0 Å². The highest BCUT2D eigenvalue weighted by atomic mass is 16.5. The van der Waals surface area contributed by atoms with Gasteiger partial charge in [-0.1, -0.05) is 0 Å². The van der Waals surface area contributed by atoms with Gasteiger partial charge < -0.3 is 14.7 Å². The van der Waals surface area contributed by atoms with Gasteiger partial charge in [-0.2, -0.15) is 0 Å². The highest BCUT2D eigenvalue weighted by molar-refractivity contribution is 5.10. The van der Waals surface area contributed by atoms with Crippen LogP contribution in [0.4, 0.5) is 5.88 Å². The molecule has 0 fully saturated rings. The van der Waals surface area contributed by atoms with E-state index >= 15 is 0 Å². The maximum absolute atomic E-state index is 10.4. The molecular weight excluding hydrogens is 106 g/mol. The lowest BCUT2D eigenvalue weighted by Crippen LogP contribution is -2.98. The number of rotatable bonds is 1. The van der Waals surface area contributed by atoms with Crippen molar-refractivity contribution in [2.45, 2.75) is 0 Å². The summed E-state index contributed by atoms with van der Waals surface area (Å²) in [4.78, 5) is 0. The van der Waals surface area contributed by atoms with Gasteiger partial charge in [0, 0.05) is 6.07 Å². The van der Waals surface area contributed by atoms with E-state index in [1.54, 1.807) is 12.1 Å². The minimum atomic E-state index is -0.0324. The summed E-state index contributed by atoms with van der Waals surface area (Å²) in [6, 6.07) is 3.33. The first-order chi connectivity index (χ1) is 3.80. The van der Waals surface area contributed by atoms with E-state index in [1.165, 1.54) is 13.3 Å². The Morgan fingerprint density at radius 2 is 2.50 bits per heavy atom. The second kappa shape index (κ2) is 1.98. The lowest BCUT2D eigenvalue weighted by atomic mass is 10.6. The number of hydrogen-bond acceptors (Lipinski definition) is 2. The lowest BCUT2D eigenvalue weighted by Gasteiger charge is -2.09. The van der Waals surface area contributed by atoms with Gasteiger partial charge in [-0.3, -0.25) is 0 Å². The molecule has 1 aromatic rings. The van der Waals surface area contributed by atoms with Crippen molar-refractivity contribution in [2.75, 3.05) is 7.05 Å². The molecule has 0 saturated heterocycles. The number of hydrogen-bond donors (Lipinski definition) is 1. The van der Waals surface area contributed by atoms with E-state index in [1.807, 2.05) is 0 Å². The molecule has 8 heavy (non-hydrogen) atoms. The van der Waals surface area contributed by atoms with Crippen LogP contribution in [0.2, 0.25) is 0 Å². The predicted octanol–water partition coefficient (Wildman–Crippen LogP) is -0.0764.